The molecule has 29 heavy (non-hydrogen) atoms. The summed E-state index contributed by atoms with van der Waals surface area (Å²) in [4.78, 5) is 25.1. The van der Waals surface area contributed by atoms with Gasteiger partial charge in [0.15, 0.2) is 0 Å². The van der Waals surface area contributed by atoms with Crippen LogP contribution in [0.4, 0.5) is 4.39 Å². The van der Waals surface area contributed by atoms with Gasteiger partial charge >= 0.3 is 5.97 Å². The van der Waals surface area contributed by atoms with Crippen LogP contribution in [0.25, 0.3) is 0 Å². The molecule has 0 saturated carbocycles. The number of rotatable bonds is 13. The predicted octanol–water partition coefficient (Wildman–Crippen LogP) is 3.37. The van der Waals surface area contributed by atoms with Crippen molar-refractivity contribution in [2.45, 2.75) is 56.4 Å². The second-order valence-corrected chi connectivity index (χ2v) is 8.26. The lowest BCUT2D eigenvalue weighted by Crippen LogP contribution is -2.36. The topological polar surface area (TPSA) is 76.1 Å². The zero-order valence-electron chi connectivity index (χ0n) is 16.8. The molecule has 8 heteroatoms. The van der Waals surface area contributed by atoms with E-state index in [1.54, 1.807) is 11.8 Å². The zero-order valence-corrected chi connectivity index (χ0v) is 17.7. The number of hydrogen-bond acceptors (Lipinski definition) is 6. The third-order valence-electron chi connectivity index (χ3n) is 4.84. The van der Waals surface area contributed by atoms with Gasteiger partial charge in [-0.15, -0.1) is 11.8 Å². The molecule has 6 nitrogen and oxygen atoms in total. The Morgan fingerprint density at radius 2 is 2.00 bits per heavy atom. The standard InChI is InChI=1S/C21H30FNO5S/c1-27-21(26)7-5-3-2-4-6-20-23(19(25)15-29-20)13-12-17(24)14-28-18-10-8-16(22)9-11-18/h8-11,17,20,24H,2-7,12-15H2,1H3. The largest absolute Gasteiger partial charge is 0.491 e. The molecule has 0 aromatic heterocycles. The molecule has 1 N–H and O–H groups in total. The lowest BCUT2D eigenvalue weighted by molar-refractivity contribution is -0.140. The number of benzene rings is 1. The van der Waals surface area contributed by atoms with Crippen molar-refractivity contribution in [2.75, 3.05) is 26.0 Å². The predicted molar refractivity (Wildman–Crippen MR) is 110 cm³/mol. The number of halogens is 1. The third kappa shape index (κ3) is 8.62. The summed E-state index contributed by atoms with van der Waals surface area (Å²) in [6.45, 7) is 0.596. The summed E-state index contributed by atoms with van der Waals surface area (Å²) >= 11 is 1.65. The Bertz CT molecular complexity index is 642. The van der Waals surface area contributed by atoms with Crippen LogP contribution < -0.4 is 4.74 Å². The number of aliphatic hydroxyl groups excluding tert-OH is 1. The average Bonchev–Trinajstić information content (AvgIpc) is 3.07. The summed E-state index contributed by atoms with van der Waals surface area (Å²) in [6, 6.07) is 5.65. The molecule has 1 aromatic carbocycles. The van der Waals surface area contributed by atoms with Crippen LogP contribution in [-0.2, 0) is 14.3 Å². The number of unbranched alkanes of at least 4 members (excludes halogenated alkanes) is 3. The van der Waals surface area contributed by atoms with Gasteiger partial charge in [0.2, 0.25) is 5.91 Å². The van der Waals surface area contributed by atoms with Crippen LogP contribution in [0.15, 0.2) is 24.3 Å². The summed E-state index contributed by atoms with van der Waals surface area (Å²) in [5.41, 5.74) is 0. The number of carbonyl (C=O) groups is 2. The first kappa shape index (κ1) is 23.5. The molecule has 1 saturated heterocycles. The fourth-order valence-corrected chi connectivity index (χ4v) is 4.38. The molecular formula is C21H30FNO5S. The second-order valence-electron chi connectivity index (χ2n) is 7.09. The highest BCUT2D eigenvalue weighted by Gasteiger charge is 2.31. The smallest absolute Gasteiger partial charge is 0.305 e. The summed E-state index contributed by atoms with van der Waals surface area (Å²) in [7, 11) is 1.40. The van der Waals surface area contributed by atoms with Crippen LogP contribution in [-0.4, -0.2) is 59.4 Å². The van der Waals surface area contributed by atoms with Crippen LogP contribution in [0.2, 0.25) is 0 Å². The lowest BCUT2D eigenvalue weighted by atomic mass is 10.1. The van der Waals surface area contributed by atoms with Crippen molar-refractivity contribution in [3.8, 4) is 5.75 Å². The molecule has 1 heterocycles. The van der Waals surface area contributed by atoms with E-state index in [0.29, 0.717) is 30.9 Å². The van der Waals surface area contributed by atoms with Gasteiger partial charge in [-0.2, -0.15) is 0 Å². The number of carbonyl (C=O) groups excluding carboxylic acids is 2. The van der Waals surface area contributed by atoms with Crippen LogP contribution in [0.1, 0.15) is 44.9 Å². The summed E-state index contributed by atoms with van der Waals surface area (Å²) in [6.07, 6.45) is 4.92. The van der Waals surface area contributed by atoms with Gasteiger partial charge in [-0.1, -0.05) is 19.3 Å². The molecule has 1 aromatic rings. The van der Waals surface area contributed by atoms with Crippen molar-refractivity contribution in [1.82, 2.24) is 4.90 Å². The molecule has 2 unspecified atom stereocenters. The molecule has 0 spiro atoms. The van der Waals surface area contributed by atoms with E-state index in [9.17, 15) is 19.1 Å². The molecular weight excluding hydrogens is 397 g/mol. The quantitative estimate of drug-likeness (QED) is 0.384. The first-order valence-electron chi connectivity index (χ1n) is 10.0. The van der Waals surface area contributed by atoms with Gasteiger partial charge in [-0.3, -0.25) is 9.59 Å². The molecule has 0 radical (unpaired) electrons. The summed E-state index contributed by atoms with van der Waals surface area (Å²) < 4.78 is 23.0. The number of nitrogens with zero attached hydrogens (tertiary/aromatic N) is 1. The van der Waals surface area contributed by atoms with E-state index in [1.165, 1.54) is 31.4 Å². The Morgan fingerprint density at radius 1 is 1.28 bits per heavy atom. The second kappa shape index (κ2) is 12.7. The van der Waals surface area contributed by atoms with Crippen molar-refractivity contribution in [3.05, 3.63) is 30.1 Å². The van der Waals surface area contributed by atoms with Gasteiger partial charge in [0.25, 0.3) is 0 Å². The zero-order chi connectivity index (χ0) is 21.1. The maximum absolute atomic E-state index is 12.9. The van der Waals surface area contributed by atoms with E-state index in [0.717, 1.165) is 32.1 Å². The Morgan fingerprint density at radius 3 is 2.72 bits per heavy atom. The molecule has 2 rings (SSSR count). The maximum atomic E-state index is 12.9. The lowest BCUT2D eigenvalue weighted by Gasteiger charge is -2.25. The summed E-state index contributed by atoms with van der Waals surface area (Å²) in [5, 5.41) is 10.3. The highest BCUT2D eigenvalue weighted by molar-refractivity contribution is 8.00. The Labute approximate surface area is 175 Å². The third-order valence-corrected chi connectivity index (χ3v) is 6.12. The molecule has 2 atom stereocenters. The van der Waals surface area contributed by atoms with Crippen LogP contribution >= 0.6 is 11.8 Å². The van der Waals surface area contributed by atoms with Gasteiger partial charge in [0.1, 0.15) is 18.2 Å². The van der Waals surface area contributed by atoms with E-state index in [2.05, 4.69) is 4.74 Å². The van der Waals surface area contributed by atoms with Gasteiger partial charge < -0.3 is 19.5 Å². The number of ether oxygens (including phenoxy) is 2. The number of methoxy groups -OCH3 is 1. The molecule has 1 fully saturated rings. The van der Waals surface area contributed by atoms with E-state index >= 15 is 0 Å². The van der Waals surface area contributed by atoms with Crippen molar-refractivity contribution >= 4 is 23.6 Å². The number of esters is 1. The van der Waals surface area contributed by atoms with E-state index < -0.39 is 6.10 Å². The van der Waals surface area contributed by atoms with Crippen molar-refractivity contribution < 1.29 is 28.6 Å². The first-order valence-corrected chi connectivity index (χ1v) is 11.1. The van der Waals surface area contributed by atoms with E-state index in [4.69, 9.17) is 4.74 Å². The normalized spacial score (nSPS) is 17.4. The molecule has 1 aliphatic heterocycles. The van der Waals surface area contributed by atoms with Gasteiger partial charge in [-0.05, 0) is 43.5 Å². The van der Waals surface area contributed by atoms with Crippen molar-refractivity contribution in [3.63, 3.8) is 0 Å². The van der Waals surface area contributed by atoms with E-state index in [-0.39, 0.29) is 29.7 Å². The van der Waals surface area contributed by atoms with Crippen molar-refractivity contribution in [1.29, 1.82) is 0 Å². The van der Waals surface area contributed by atoms with Gasteiger partial charge in [0.05, 0.1) is 24.3 Å². The highest BCUT2D eigenvalue weighted by atomic mass is 32.2. The minimum Gasteiger partial charge on any atom is -0.491 e. The van der Waals surface area contributed by atoms with Gasteiger partial charge in [0, 0.05) is 13.0 Å². The molecule has 1 amide bonds. The fraction of sp³-hybridized carbons (Fsp3) is 0.619. The van der Waals surface area contributed by atoms with Crippen molar-refractivity contribution in [2.24, 2.45) is 0 Å². The minimum absolute atomic E-state index is 0.103. The molecule has 0 aliphatic carbocycles. The maximum Gasteiger partial charge on any atom is 0.305 e. The number of hydrogen-bond donors (Lipinski definition) is 1. The van der Waals surface area contributed by atoms with Crippen LogP contribution in [0, 0.1) is 5.82 Å². The highest BCUT2D eigenvalue weighted by Crippen LogP contribution is 2.29. The number of aliphatic hydroxyl groups is 1. The SMILES string of the molecule is COC(=O)CCCCCCC1SCC(=O)N1CCC(O)COc1ccc(F)cc1. The van der Waals surface area contributed by atoms with E-state index in [1.807, 2.05) is 4.90 Å². The Balaban J connectivity index is 1.63. The first-order chi connectivity index (χ1) is 14.0. The Kier molecular flexibility index (Phi) is 10.3. The van der Waals surface area contributed by atoms with Crippen LogP contribution in [0.5, 0.6) is 5.75 Å². The Hall–Kier alpha value is -1.80. The van der Waals surface area contributed by atoms with Crippen LogP contribution in [0.3, 0.4) is 0 Å². The molecule has 0 bridgehead atoms. The average molecular weight is 428 g/mol. The molecule has 162 valence electrons. The number of thioether (sulfide) groups is 1. The fourth-order valence-electron chi connectivity index (χ4n) is 3.15. The van der Waals surface area contributed by atoms with Gasteiger partial charge in [-0.25, -0.2) is 4.39 Å². The summed E-state index contributed by atoms with van der Waals surface area (Å²) in [5.74, 6) is 0.586. The number of amides is 1. The molecule has 1 aliphatic rings. The monoisotopic (exact) mass is 427 g/mol. The minimum atomic E-state index is -0.697.